The minimum atomic E-state index is -0.199. The number of nitrogens with one attached hydrogen (secondary N) is 2. The molecular formula is C12H21N5O. The fourth-order valence-electron chi connectivity index (χ4n) is 1.59. The first kappa shape index (κ1) is 14.4. The highest BCUT2D eigenvalue weighted by Crippen LogP contribution is 2.04. The largest absolute Gasteiger partial charge is 0.348 e. The predicted molar refractivity (Wildman–Crippen MR) is 70.9 cm³/mol. The van der Waals surface area contributed by atoms with Crippen LogP contribution in [-0.2, 0) is 0 Å². The quantitative estimate of drug-likeness (QED) is 0.387. The molecule has 0 saturated carbocycles. The minimum Gasteiger partial charge on any atom is -0.348 e. The van der Waals surface area contributed by atoms with Gasteiger partial charge in [0.05, 0.1) is 12.4 Å². The first-order valence-electron chi connectivity index (χ1n) is 6.27. The molecule has 6 heteroatoms. The molecule has 100 valence electrons. The average molecular weight is 251 g/mol. The number of anilines is 1. The van der Waals surface area contributed by atoms with Gasteiger partial charge in [-0.05, 0) is 13.3 Å². The predicted octanol–water partition coefficient (Wildman–Crippen LogP) is 1.46. The lowest BCUT2D eigenvalue weighted by molar-refractivity contribution is 0.0932. The third-order valence-corrected chi connectivity index (χ3v) is 2.65. The Morgan fingerprint density at radius 1 is 1.39 bits per heavy atom. The molecule has 4 N–H and O–H groups in total. The van der Waals surface area contributed by atoms with Gasteiger partial charge in [-0.25, -0.2) is 15.8 Å². The van der Waals surface area contributed by atoms with E-state index in [1.165, 1.54) is 25.2 Å². The summed E-state index contributed by atoms with van der Waals surface area (Å²) in [4.78, 5) is 19.7. The fourth-order valence-corrected chi connectivity index (χ4v) is 1.59. The molecule has 1 aromatic heterocycles. The lowest BCUT2D eigenvalue weighted by Crippen LogP contribution is -2.33. The summed E-state index contributed by atoms with van der Waals surface area (Å²) in [5.74, 6) is 5.41. The lowest BCUT2D eigenvalue weighted by Gasteiger charge is -2.13. The number of hydrazine groups is 1. The van der Waals surface area contributed by atoms with Gasteiger partial charge in [-0.2, -0.15) is 0 Å². The molecule has 0 aromatic carbocycles. The first-order valence-corrected chi connectivity index (χ1v) is 6.27. The van der Waals surface area contributed by atoms with E-state index in [-0.39, 0.29) is 11.9 Å². The SMILES string of the molecule is CCCCCC(C)NC(=O)c1cnc(NN)cn1. The van der Waals surface area contributed by atoms with E-state index in [9.17, 15) is 4.79 Å². The fraction of sp³-hybridized carbons (Fsp3) is 0.583. The van der Waals surface area contributed by atoms with Crippen LogP contribution in [0.1, 0.15) is 50.0 Å². The zero-order valence-corrected chi connectivity index (χ0v) is 10.9. The van der Waals surface area contributed by atoms with Crippen LogP contribution in [0.15, 0.2) is 12.4 Å². The van der Waals surface area contributed by atoms with E-state index in [0.29, 0.717) is 11.5 Å². The molecule has 1 amide bonds. The summed E-state index contributed by atoms with van der Waals surface area (Å²) in [6.45, 7) is 4.16. The number of carbonyl (C=O) groups is 1. The Morgan fingerprint density at radius 3 is 2.72 bits per heavy atom. The summed E-state index contributed by atoms with van der Waals surface area (Å²) in [6.07, 6.45) is 7.31. The second-order valence-corrected chi connectivity index (χ2v) is 4.30. The van der Waals surface area contributed by atoms with Crippen LogP contribution in [0.25, 0.3) is 0 Å². The lowest BCUT2D eigenvalue weighted by atomic mass is 10.1. The molecule has 0 aliphatic rings. The maximum absolute atomic E-state index is 11.8. The Morgan fingerprint density at radius 2 is 2.17 bits per heavy atom. The van der Waals surface area contributed by atoms with Crippen molar-refractivity contribution in [1.82, 2.24) is 15.3 Å². The molecule has 0 saturated heterocycles. The highest BCUT2D eigenvalue weighted by Gasteiger charge is 2.11. The summed E-state index contributed by atoms with van der Waals surface area (Å²) >= 11 is 0. The zero-order valence-electron chi connectivity index (χ0n) is 10.9. The smallest absolute Gasteiger partial charge is 0.271 e. The molecule has 0 fully saturated rings. The Labute approximate surface area is 107 Å². The Balaban J connectivity index is 2.43. The molecule has 1 atom stereocenters. The van der Waals surface area contributed by atoms with Crippen molar-refractivity contribution < 1.29 is 4.79 Å². The van der Waals surface area contributed by atoms with Gasteiger partial charge in [0, 0.05) is 6.04 Å². The second-order valence-electron chi connectivity index (χ2n) is 4.30. The van der Waals surface area contributed by atoms with Crippen LogP contribution >= 0.6 is 0 Å². The van der Waals surface area contributed by atoms with E-state index in [1.807, 2.05) is 6.92 Å². The third-order valence-electron chi connectivity index (χ3n) is 2.65. The molecule has 1 heterocycles. The van der Waals surface area contributed by atoms with Crippen molar-refractivity contribution in [2.75, 3.05) is 5.43 Å². The van der Waals surface area contributed by atoms with E-state index < -0.39 is 0 Å². The molecular weight excluding hydrogens is 230 g/mol. The molecule has 1 rings (SSSR count). The van der Waals surface area contributed by atoms with E-state index in [1.54, 1.807) is 0 Å². The van der Waals surface area contributed by atoms with E-state index >= 15 is 0 Å². The number of aromatic nitrogens is 2. The highest BCUT2D eigenvalue weighted by atomic mass is 16.1. The minimum absolute atomic E-state index is 0.151. The number of nitrogen functional groups attached to an aromatic ring is 1. The van der Waals surface area contributed by atoms with Gasteiger partial charge in [-0.1, -0.05) is 26.2 Å². The van der Waals surface area contributed by atoms with Crippen LogP contribution in [0, 0.1) is 0 Å². The van der Waals surface area contributed by atoms with Crippen LogP contribution in [-0.4, -0.2) is 21.9 Å². The number of hydrogen-bond donors (Lipinski definition) is 3. The standard InChI is InChI=1S/C12H21N5O/c1-3-4-5-6-9(2)16-12(18)10-7-15-11(17-13)8-14-10/h7-9H,3-6,13H2,1-2H3,(H,15,17)(H,16,18). The number of nitrogens with zero attached hydrogens (tertiary/aromatic N) is 2. The van der Waals surface area contributed by atoms with Gasteiger partial charge in [0.2, 0.25) is 0 Å². The van der Waals surface area contributed by atoms with Gasteiger partial charge < -0.3 is 10.7 Å². The maximum Gasteiger partial charge on any atom is 0.271 e. The average Bonchev–Trinajstić information content (AvgIpc) is 2.39. The van der Waals surface area contributed by atoms with Crippen molar-refractivity contribution in [3.63, 3.8) is 0 Å². The molecule has 0 radical (unpaired) electrons. The molecule has 0 aliphatic carbocycles. The van der Waals surface area contributed by atoms with E-state index in [2.05, 4.69) is 27.6 Å². The first-order chi connectivity index (χ1) is 8.67. The third kappa shape index (κ3) is 4.67. The van der Waals surface area contributed by atoms with Gasteiger partial charge >= 0.3 is 0 Å². The van der Waals surface area contributed by atoms with Gasteiger partial charge in [-0.15, -0.1) is 0 Å². The Hall–Kier alpha value is -1.69. The number of rotatable bonds is 7. The second kappa shape index (κ2) is 7.60. The number of nitrogens with two attached hydrogens (primary N) is 1. The highest BCUT2D eigenvalue weighted by molar-refractivity contribution is 5.92. The van der Waals surface area contributed by atoms with Crippen LogP contribution in [0.5, 0.6) is 0 Å². The molecule has 1 unspecified atom stereocenters. The van der Waals surface area contributed by atoms with Crippen LogP contribution in [0.2, 0.25) is 0 Å². The number of unbranched alkanes of at least 4 members (excludes halogenated alkanes) is 2. The zero-order chi connectivity index (χ0) is 13.4. The number of hydrogen-bond acceptors (Lipinski definition) is 5. The van der Waals surface area contributed by atoms with Crippen molar-refractivity contribution in [1.29, 1.82) is 0 Å². The topological polar surface area (TPSA) is 92.9 Å². The van der Waals surface area contributed by atoms with Crippen molar-refractivity contribution in [3.8, 4) is 0 Å². The van der Waals surface area contributed by atoms with Crippen molar-refractivity contribution in [2.24, 2.45) is 5.84 Å². The molecule has 6 nitrogen and oxygen atoms in total. The molecule has 0 spiro atoms. The molecule has 0 aliphatic heterocycles. The summed E-state index contributed by atoms with van der Waals surface area (Å²) in [5.41, 5.74) is 2.67. The maximum atomic E-state index is 11.8. The Kier molecular flexibility index (Phi) is 6.07. The molecule has 18 heavy (non-hydrogen) atoms. The molecule has 1 aromatic rings. The van der Waals surface area contributed by atoms with E-state index in [0.717, 1.165) is 12.8 Å². The number of carbonyl (C=O) groups excluding carboxylic acids is 1. The monoisotopic (exact) mass is 251 g/mol. The summed E-state index contributed by atoms with van der Waals surface area (Å²) in [6, 6.07) is 0.151. The summed E-state index contributed by atoms with van der Waals surface area (Å²) < 4.78 is 0. The normalized spacial score (nSPS) is 11.9. The van der Waals surface area contributed by atoms with Crippen molar-refractivity contribution in [2.45, 2.75) is 45.6 Å². The van der Waals surface area contributed by atoms with Gasteiger partial charge in [0.1, 0.15) is 5.69 Å². The summed E-state index contributed by atoms with van der Waals surface area (Å²) in [5, 5.41) is 2.90. The van der Waals surface area contributed by atoms with Crippen LogP contribution < -0.4 is 16.6 Å². The van der Waals surface area contributed by atoms with E-state index in [4.69, 9.17) is 5.84 Å². The Bertz CT molecular complexity index is 365. The molecule has 0 bridgehead atoms. The van der Waals surface area contributed by atoms with Crippen molar-refractivity contribution >= 4 is 11.7 Å². The van der Waals surface area contributed by atoms with Gasteiger partial charge in [0.25, 0.3) is 5.91 Å². The van der Waals surface area contributed by atoms with Crippen LogP contribution in [0.4, 0.5) is 5.82 Å². The summed E-state index contributed by atoms with van der Waals surface area (Å²) in [7, 11) is 0. The van der Waals surface area contributed by atoms with Gasteiger partial charge in [-0.3, -0.25) is 4.79 Å². The van der Waals surface area contributed by atoms with Gasteiger partial charge in [0.15, 0.2) is 5.82 Å². The van der Waals surface area contributed by atoms with Crippen molar-refractivity contribution in [3.05, 3.63) is 18.1 Å². The number of amides is 1. The van der Waals surface area contributed by atoms with Crippen LogP contribution in [0.3, 0.4) is 0 Å².